The molecule has 3 rings (SSSR count). The maximum Gasteiger partial charge on any atom is 0.255 e. The molecule has 1 unspecified atom stereocenters. The lowest BCUT2D eigenvalue weighted by molar-refractivity contribution is -0.148. The number of thioether (sulfide) groups is 1. The molecule has 0 spiro atoms. The Kier molecular flexibility index (Phi) is 9.54. The van der Waals surface area contributed by atoms with E-state index in [1.807, 2.05) is 37.3 Å². The van der Waals surface area contributed by atoms with Gasteiger partial charge in [-0.25, -0.2) is 0 Å². The molecule has 2 aromatic rings. The number of hydrogen-bond acceptors (Lipinski definition) is 6. The van der Waals surface area contributed by atoms with Gasteiger partial charge in [-0.1, -0.05) is 48.6 Å². The van der Waals surface area contributed by atoms with Gasteiger partial charge < -0.3 is 25.3 Å². The van der Waals surface area contributed by atoms with Gasteiger partial charge in [0.15, 0.2) is 6.10 Å². The summed E-state index contributed by atoms with van der Waals surface area (Å²) in [5, 5.41) is 23.9. The normalized spacial score (nSPS) is 19.5. The van der Waals surface area contributed by atoms with Crippen molar-refractivity contribution in [3.8, 4) is 5.75 Å². The summed E-state index contributed by atoms with van der Waals surface area (Å²) < 4.78 is 0. The Morgan fingerprint density at radius 2 is 1.89 bits per heavy atom. The monoisotopic (exact) mass is 523 g/mol. The number of hydrogen-bond donors (Lipinski definition) is 3. The maximum atomic E-state index is 13.6. The van der Waals surface area contributed by atoms with Gasteiger partial charge in [-0.2, -0.15) is 0 Å². The third-order valence-corrected chi connectivity index (χ3v) is 7.56. The smallest absolute Gasteiger partial charge is 0.255 e. The highest BCUT2D eigenvalue weighted by molar-refractivity contribution is 7.99. The second-order valence-electron chi connectivity index (χ2n) is 8.83. The number of rotatable bonds is 9. The van der Waals surface area contributed by atoms with Crippen molar-refractivity contribution in [2.24, 2.45) is 0 Å². The van der Waals surface area contributed by atoms with Crippen molar-refractivity contribution < 1.29 is 24.6 Å². The number of benzene rings is 2. The van der Waals surface area contributed by atoms with Crippen LogP contribution >= 0.6 is 11.8 Å². The predicted molar refractivity (Wildman–Crippen MR) is 145 cm³/mol. The largest absolute Gasteiger partial charge is 0.508 e. The average molecular weight is 524 g/mol. The van der Waals surface area contributed by atoms with Crippen LogP contribution in [0.3, 0.4) is 0 Å². The minimum Gasteiger partial charge on any atom is -0.508 e. The topological polar surface area (TPSA) is 110 Å². The molecule has 1 aliphatic heterocycles. The summed E-state index contributed by atoms with van der Waals surface area (Å²) in [6.45, 7) is 11.3. The predicted octanol–water partition coefficient (Wildman–Crippen LogP) is 2.85. The van der Waals surface area contributed by atoms with Crippen LogP contribution in [0.2, 0.25) is 0 Å². The highest BCUT2D eigenvalue weighted by Crippen LogP contribution is 2.26. The van der Waals surface area contributed by atoms with E-state index in [1.54, 1.807) is 30.0 Å². The molecule has 37 heavy (non-hydrogen) atoms. The van der Waals surface area contributed by atoms with E-state index in [-0.39, 0.29) is 34.9 Å². The van der Waals surface area contributed by atoms with E-state index in [0.29, 0.717) is 12.1 Å². The molecule has 0 bridgehead atoms. The van der Waals surface area contributed by atoms with E-state index in [4.69, 9.17) is 0 Å². The van der Waals surface area contributed by atoms with Crippen molar-refractivity contribution >= 4 is 29.5 Å². The number of phenols is 1. The third-order valence-electron chi connectivity index (χ3n) is 6.40. The molecule has 1 saturated heterocycles. The number of carbonyl (C=O) groups is 3. The molecule has 3 amide bonds. The fourth-order valence-corrected chi connectivity index (χ4v) is 5.25. The number of nitrogens with one attached hydrogen (secondary N) is 1. The van der Waals surface area contributed by atoms with Gasteiger partial charge in [0, 0.05) is 17.7 Å². The number of nitrogens with zero attached hydrogens (tertiary/aromatic N) is 2. The standard InChI is InChI=1S/C28H33N3O5S/c1-5-15-30-19(4)37-17-31(23(6-2)27(30)35)28(36)25(33)22(16-20-11-8-7-9-12-20)29-26(34)21-13-10-14-24(32)18(21)3/h5-14,19,22-23,25,32-33H,1-2,15-17H2,3-4H3,(H,29,34)/t19?,22-,23-,25-/m0/s1. The van der Waals surface area contributed by atoms with Gasteiger partial charge in [0.2, 0.25) is 0 Å². The summed E-state index contributed by atoms with van der Waals surface area (Å²) >= 11 is 1.38. The van der Waals surface area contributed by atoms with E-state index in [0.717, 1.165) is 5.56 Å². The van der Waals surface area contributed by atoms with Crippen LogP contribution in [0.4, 0.5) is 0 Å². The zero-order chi connectivity index (χ0) is 27.1. The Morgan fingerprint density at radius 3 is 2.54 bits per heavy atom. The summed E-state index contributed by atoms with van der Waals surface area (Å²) in [5.41, 5.74) is 1.42. The van der Waals surface area contributed by atoms with E-state index in [9.17, 15) is 24.6 Å². The lowest BCUT2D eigenvalue weighted by Crippen LogP contribution is -2.56. The molecule has 3 N–H and O–H groups in total. The van der Waals surface area contributed by atoms with Gasteiger partial charge in [-0.3, -0.25) is 14.4 Å². The lowest BCUT2D eigenvalue weighted by Gasteiger charge is -2.32. The number of aliphatic hydroxyl groups excluding tert-OH is 1. The zero-order valence-electron chi connectivity index (χ0n) is 21.0. The first-order chi connectivity index (χ1) is 17.7. The van der Waals surface area contributed by atoms with Crippen molar-refractivity contribution in [3.63, 3.8) is 0 Å². The van der Waals surface area contributed by atoms with Gasteiger partial charge in [-0.15, -0.1) is 24.9 Å². The van der Waals surface area contributed by atoms with Crippen LogP contribution < -0.4 is 5.32 Å². The molecule has 0 aromatic heterocycles. The highest BCUT2D eigenvalue weighted by atomic mass is 32.2. The van der Waals surface area contributed by atoms with Crippen LogP contribution in [0.15, 0.2) is 73.8 Å². The molecule has 4 atom stereocenters. The first kappa shape index (κ1) is 28.0. The quantitative estimate of drug-likeness (QED) is 0.436. The minimum atomic E-state index is -1.64. The van der Waals surface area contributed by atoms with Crippen LogP contribution in [0.5, 0.6) is 5.75 Å². The number of carbonyl (C=O) groups excluding carboxylic acids is 3. The van der Waals surface area contributed by atoms with E-state index in [1.165, 1.54) is 28.8 Å². The molecule has 9 heteroatoms. The van der Waals surface area contributed by atoms with Crippen molar-refractivity contribution in [3.05, 3.63) is 90.5 Å². The Morgan fingerprint density at radius 1 is 1.19 bits per heavy atom. The summed E-state index contributed by atoms with van der Waals surface area (Å²) in [5.74, 6) is -1.41. The summed E-state index contributed by atoms with van der Waals surface area (Å²) in [6.07, 6.45) is 1.54. The Balaban J connectivity index is 1.91. The SMILES string of the molecule is C=CCN1C(=O)[C@H](C=C)N(C(=O)[C@@H](O)[C@H](Cc2ccccc2)NC(=O)c2cccc(O)c2C)CSC1C. The fourth-order valence-electron chi connectivity index (χ4n) is 4.21. The van der Waals surface area contributed by atoms with E-state index < -0.39 is 30.0 Å². The molecular weight excluding hydrogens is 490 g/mol. The number of amides is 3. The van der Waals surface area contributed by atoms with E-state index >= 15 is 0 Å². The first-order valence-corrected chi connectivity index (χ1v) is 13.0. The average Bonchev–Trinajstić information content (AvgIpc) is 3.01. The Labute approximate surface area is 221 Å². The molecule has 0 aliphatic carbocycles. The molecule has 0 saturated carbocycles. The van der Waals surface area contributed by atoms with Gasteiger partial charge in [-0.05, 0) is 38.0 Å². The molecular formula is C28H33N3O5S. The van der Waals surface area contributed by atoms with Crippen molar-refractivity contribution in [1.82, 2.24) is 15.1 Å². The fraction of sp³-hybridized carbons (Fsp3) is 0.321. The number of phenolic OH excluding ortho intramolecular Hbond substituents is 1. The third kappa shape index (κ3) is 6.42. The van der Waals surface area contributed by atoms with Crippen molar-refractivity contribution in [1.29, 1.82) is 0 Å². The van der Waals surface area contributed by atoms with Crippen molar-refractivity contribution in [2.75, 3.05) is 12.4 Å². The highest BCUT2D eigenvalue weighted by Gasteiger charge is 2.40. The second-order valence-corrected chi connectivity index (χ2v) is 10.1. The molecule has 0 radical (unpaired) electrons. The molecule has 2 aromatic carbocycles. The maximum absolute atomic E-state index is 13.6. The minimum absolute atomic E-state index is 0.0315. The number of aliphatic hydroxyl groups is 1. The molecule has 8 nitrogen and oxygen atoms in total. The van der Waals surface area contributed by atoms with Gasteiger partial charge in [0.1, 0.15) is 11.8 Å². The molecule has 1 heterocycles. The van der Waals surface area contributed by atoms with E-state index in [2.05, 4.69) is 18.5 Å². The summed E-state index contributed by atoms with van der Waals surface area (Å²) in [4.78, 5) is 42.9. The molecule has 196 valence electrons. The number of aromatic hydroxyl groups is 1. The van der Waals surface area contributed by atoms with Crippen LogP contribution in [-0.2, 0) is 16.0 Å². The Bertz CT molecular complexity index is 1160. The zero-order valence-corrected chi connectivity index (χ0v) is 21.9. The van der Waals surface area contributed by atoms with Crippen LogP contribution in [0.25, 0.3) is 0 Å². The van der Waals surface area contributed by atoms with Crippen LogP contribution in [0.1, 0.15) is 28.4 Å². The summed E-state index contributed by atoms with van der Waals surface area (Å²) in [6, 6.07) is 11.8. The Hall–Kier alpha value is -3.56. The van der Waals surface area contributed by atoms with Gasteiger partial charge in [0.05, 0.1) is 17.3 Å². The van der Waals surface area contributed by atoms with Gasteiger partial charge >= 0.3 is 0 Å². The van der Waals surface area contributed by atoms with Crippen LogP contribution in [-0.4, -0.2) is 73.7 Å². The first-order valence-electron chi connectivity index (χ1n) is 12.0. The molecule has 1 aliphatic rings. The van der Waals surface area contributed by atoms with Crippen LogP contribution in [0, 0.1) is 6.92 Å². The lowest BCUT2D eigenvalue weighted by atomic mass is 9.98. The summed E-state index contributed by atoms with van der Waals surface area (Å²) in [7, 11) is 0. The van der Waals surface area contributed by atoms with Gasteiger partial charge in [0.25, 0.3) is 17.7 Å². The van der Waals surface area contributed by atoms with Crippen molar-refractivity contribution in [2.45, 2.75) is 43.8 Å². The second kappa shape index (κ2) is 12.6. The molecule has 1 fully saturated rings.